The van der Waals surface area contributed by atoms with Gasteiger partial charge in [-0.1, -0.05) is 0 Å². The fourth-order valence-electron chi connectivity index (χ4n) is 4.58. The number of benzene rings is 1. The number of aryl methyl sites for hydroxylation is 2. The Morgan fingerprint density at radius 3 is 2.08 bits per heavy atom. The molecular formula is C28H26F6N8O9S2. The third kappa shape index (κ3) is 8.34. The molecule has 1 aromatic carbocycles. The van der Waals surface area contributed by atoms with Gasteiger partial charge in [-0.25, -0.2) is 31.2 Å². The number of carbonyl (C=O) groups excluding carboxylic acids is 1. The molecule has 0 fully saturated rings. The summed E-state index contributed by atoms with van der Waals surface area (Å²) in [4.78, 5) is 21.9. The Labute approximate surface area is 295 Å². The van der Waals surface area contributed by atoms with Crippen molar-refractivity contribution in [3.8, 4) is 23.5 Å². The van der Waals surface area contributed by atoms with Crippen molar-refractivity contribution in [1.82, 2.24) is 34.3 Å². The van der Waals surface area contributed by atoms with Crippen LogP contribution in [-0.4, -0.2) is 89.7 Å². The number of sulfone groups is 1. The first-order chi connectivity index (χ1) is 24.4. The summed E-state index contributed by atoms with van der Waals surface area (Å²) < 4.78 is 146. The maximum absolute atomic E-state index is 13.3. The molecule has 5 aromatic rings. The lowest BCUT2D eigenvalue weighted by Gasteiger charge is -2.15. The maximum atomic E-state index is 13.3. The predicted molar refractivity (Wildman–Crippen MR) is 168 cm³/mol. The van der Waals surface area contributed by atoms with Gasteiger partial charge in [0.05, 0.1) is 49.1 Å². The predicted octanol–water partition coefficient (Wildman–Crippen LogP) is 3.45. The minimum Gasteiger partial charge on any atom is -0.493 e. The van der Waals surface area contributed by atoms with Crippen LogP contribution in [0.4, 0.5) is 32.3 Å². The molecule has 0 spiro atoms. The second kappa shape index (κ2) is 14.4. The highest BCUT2D eigenvalue weighted by atomic mass is 32.2. The van der Waals surface area contributed by atoms with Crippen LogP contribution in [0.1, 0.15) is 32.7 Å². The molecule has 0 saturated heterocycles. The van der Waals surface area contributed by atoms with E-state index >= 15 is 0 Å². The van der Waals surface area contributed by atoms with Crippen LogP contribution >= 0.6 is 0 Å². The van der Waals surface area contributed by atoms with E-state index in [1.54, 1.807) is 0 Å². The monoisotopic (exact) mass is 796 g/mol. The van der Waals surface area contributed by atoms with Crippen LogP contribution in [-0.2, 0) is 39.3 Å². The van der Waals surface area contributed by atoms with E-state index in [-0.39, 0.29) is 28.8 Å². The molecule has 0 atom stereocenters. The van der Waals surface area contributed by atoms with Crippen molar-refractivity contribution >= 4 is 37.4 Å². The summed E-state index contributed by atoms with van der Waals surface area (Å²) in [6.45, 7) is 1.41. The van der Waals surface area contributed by atoms with Gasteiger partial charge in [-0.05, 0) is 31.2 Å². The number of ether oxygens (including phenoxy) is 3. The quantitative estimate of drug-likeness (QED) is 0.161. The van der Waals surface area contributed by atoms with Gasteiger partial charge in [0.1, 0.15) is 5.56 Å². The number of rotatable bonds is 9. The molecule has 0 aliphatic carbocycles. The number of methoxy groups -OCH3 is 3. The summed E-state index contributed by atoms with van der Waals surface area (Å²) in [5, 5.41) is 17.5. The highest BCUT2D eigenvalue weighted by molar-refractivity contribution is 7.92. The molecule has 0 unspecified atom stereocenters. The number of hydrogen-bond acceptors (Lipinski definition) is 14. The SMILES string of the molecule is COc1cc(OC)n2nc(NS(=O)(=O)c3c(C(F)(F)F)ccnc3OC)nc2n1.Cc1nn(C)c(O)c1C(=O)c1ccc(C(F)(F)F)cc1S(C)(=O)=O. The first kappa shape index (κ1) is 40.1. The number of hydrogen-bond donors (Lipinski definition) is 2. The summed E-state index contributed by atoms with van der Waals surface area (Å²) in [7, 11) is -3.96. The summed E-state index contributed by atoms with van der Waals surface area (Å²) in [6.07, 6.45) is -8.25. The Hall–Kier alpha value is -5.72. The number of halogens is 6. The van der Waals surface area contributed by atoms with Crippen LogP contribution in [0.5, 0.6) is 23.5 Å². The molecule has 0 aliphatic rings. The van der Waals surface area contributed by atoms with Gasteiger partial charge < -0.3 is 19.3 Å². The number of anilines is 1. The van der Waals surface area contributed by atoms with Crippen LogP contribution < -0.4 is 18.9 Å². The van der Waals surface area contributed by atoms with Crippen LogP contribution in [0.15, 0.2) is 46.3 Å². The Balaban J connectivity index is 0.000000241. The average molecular weight is 797 g/mol. The molecule has 286 valence electrons. The lowest BCUT2D eigenvalue weighted by atomic mass is 10.0. The standard InChI is InChI=1S/C14H13F3N6O5S.C14H13F3N2O4S/c1-26-8-6-9(27-2)23-13(19-8)20-12(21-23)22-29(24,25)10-7(14(15,16)17)4-5-18-11(10)28-3;1-7-11(13(21)19(2)18-7)12(20)9-5-4-8(14(15,16)17)6-10(9)24(3,22)23/h4-6H,1-3H3,(H,21,22);4-6,21H,1-3H3. The van der Waals surface area contributed by atoms with E-state index in [9.17, 15) is 53.1 Å². The number of carbonyl (C=O) groups is 1. The third-order valence-electron chi connectivity index (χ3n) is 6.91. The van der Waals surface area contributed by atoms with Gasteiger partial charge in [0, 0.05) is 25.1 Å². The second-order valence-corrected chi connectivity index (χ2v) is 14.1. The normalized spacial score (nSPS) is 12.2. The third-order valence-corrected chi connectivity index (χ3v) is 9.43. The van der Waals surface area contributed by atoms with Crippen molar-refractivity contribution in [2.24, 2.45) is 7.05 Å². The number of aromatic hydroxyl groups is 1. The van der Waals surface area contributed by atoms with Gasteiger partial charge in [-0.2, -0.15) is 45.9 Å². The first-order valence-corrected chi connectivity index (χ1v) is 17.5. The molecule has 17 nitrogen and oxygen atoms in total. The number of alkyl halides is 6. The topological polar surface area (TPSA) is 219 Å². The van der Waals surface area contributed by atoms with Crippen molar-refractivity contribution in [3.05, 3.63) is 64.5 Å². The minimum atomic E-state index is -4.98. The molecule has 4 heterocycles. The van der Waals surface area contributed by atoms with Crippen LogP contribution in [0, 0.1) is 6.92 Å². The molecule has 0 amide bonds. The van der Waals surface area contributed by atoms with Crippen molar-refractivity contribution in [2.45, 2.75) is 29.1 Å². The second-order valence-electron chi connectivity index (χ2n) is 10.5. The highest BCUT2D eigenvalue weighted by Crippen LogP contribution is 2.38. The molecule has 2 N–H and O–H groups in total. The summed E-state index contributed by atoms with van der Waals surface area (Å²) in [5.41, 5.74) is -3.25. The zero-order chi connectivity index (χ0) is 39.8. The van der Waals surface area contributed by atoms with Crippen molar-refractivity contribution in [1.29, 1.82) is 0 Å². The Kier molecular flexibility index (Phi) is 10.9. The number of fused-ring (bicyclic) bond motifs is 1. The molecule has 0 saturated carbocycles. The molecule has 25 heteroatoms. The molecule has 53 heavy (non-hydrogen) atoms. The van der Waals surface area contributed by atoms with Crippen LogP contribution in [0.2, 0.25) is 0 Å². The highest BCUT2D eigenvalue weighted by Gasteiger charge is 2.40. The van der Waals surface area contributed by atoms with Gasteiger partial charge in [0.2, 0.25) is 29.3 Å². The van der Waals surface area contributed by atoms with E-state index < -0.39 is 82.2 Å². The van der Waals surface area contributed by atoms with Gasteiger partial charge in [-0.15, -0.1) is 5.10 Å². The minimum absolute atomic E-state index is 0.0970. The molecule has 0 radical (unpaired) electrons. The molecule has 0 aliphatic heterocycles. The van der Waals surface area contributed by atoms with E-state index in [1.165, 1.54) is 34.3 Å². The molecule has 4 aromatic heterocycles. The van der Waals surface area contributed by atoms with E-state index in [2.05, 4.69) is 25.1 Å². The Morgan fingerprint density at radius 1 is 0.906 bits per heavy atom. The fourth-order valence-corrected chi connectivity index (χ4v) is 6.75. The number of nitrogens with zero attached hydrogens (tertiary/aromatic N) is 7. The fraction of sp³-hybridized carbons (Fsp3) is 0.286. The summed E-state index contributed by atoms with van der Waals surface area (Å²) in [5.74, 6) is -2.64. The van der Waals surface area contributed by atoms with Crippen molar-refractivity contribution < 1.29 is 67.3 Å². The van der Waals surface area contributed by atoms with Crippen LogP contribution in [0.3, 0.4) is 0 Å². The zero-order valence-corrected chi connectivity index (χ0v) is 29.5. The zero-order valence-electron chi connectivity index (χ0n) is 27.9. The van der Waals surface area contributed by atoms with Gasteiger partial charge in [-0.3, -0.25) is 4.79 Å². The molecular weight excluding hydrogens is 770 g/mol. The number of pyridine rings is 1. The van der Waals surface area contributed by atoms with E-state index in [0.29, 0.717) is 24.5 Å². The van der Waals surface area contributed by atoms with E-state index in [4.69, 9.17) is 14.2 Å². The lowest BCUT2D eigenvalue weighted by molar-refractivity contribution is -0.140. The smallest absolute Gasteiger partial charge is 0.418 e. The van der Waals surface area contributed by atoms with Gasteiger partial charge in [0.25, 0.3) is 21.7 Å². The van der Waals surface area contributed by atoms with E-state index in [0.717, 1.165) is 28.6 Å². The van der Waals surface area contributed by atoms with Crippen molar-refractivity contribution in [2.75, 3.05) is 32.3 Å². The van der Waals surface area contributed by atoms with E-state index in [1.807, 2.05) is 4.72 Å². The first-order valence-electron chi connectivity index (χ1n) is 14.1. The Bertz CT molecular complexity index is 2430. The summed E-state index contributed by atoms with van der Waals surface area (Å²) in [6, 6.07) is 3.68. The van der Waals surface area contributed by atoms with Crippen molar-refractivity contribution in [3.63, 3.8) is 0 Å². The Morgan fingerprint density at radius 2 is 1.57 bits per heavy atom. The van der Waals surface area contributed by atoms with Crippen LogP contribution in [0.25, 0.3) is 5.78 Å². The van der Waals surface area contributed by atoms with Gasteiger partial charge in [0.15, 0.2) is 14.7 Å². The molecule has 5 rings (SSSR count). The number of aromatic nitrogens is 7. The number of ketones is 1. The summed E-state index contributed by atoms with van der Waals surface area (Å²) >= 11 is 0. The number of sulfonamides is 1. The largest absolute Gasteiger partial charge is 0.493 e. The number of nitrogens with one attached hydrogen (secondary N) is 1. The average Bonchev–Trinajstić information content (AvgIpc) is 3.59. The van der Waals surface area contributed by atoms with Gasteiger partial charge >= 0.3 is 12.4 Å². The maximum Gasteiger partial charge on any atom is 0.418 e. The molecule has 0 bridgehead atoms. The lowest BCUT2D eigenvalue weighted by Crippen LogP contribution is -2.21.